The highest BCUT2D eigenvalue weighted by atomic mass is 16.5. The summed E-state index contributed by atoms with van der Waals surface area (Å²) in [5.41, 5.74) is 5.07. The first-order valence-corrected chi connectivity index (χ1v) is 10.9. The van der Waals surface area contributed by atoms with Gasteiger partial charge in [-0.15, -0.1) is 0 Å². The number of aromatic nitrogens is 7. The summed E-state index contributed by atoms with van der Waals surface area (Å²) < 4.78 is 5.29. The Morgan fingerprint density at radius 3 is 2.67 bits per heavy atom. The zero-order valence-electron chi connectivity index (χ0n) is 17.7. The second kappa shape index (κ2) is 8.08. The predicted molar refractivity (Wildman–Crippen MR) is 116 cm³/mol. The lowest BCUT2D eigenvalue weighted by atomic mass is 10.1. The Morgan fingerprint density at radius 1 is 1.12 bits per heavy atom. The topological polar surface area (TPSA) is 139 Å². The largest absolute Gasteiger partial charge is 0.351 e. The first-order chi connectivity index (χ1) is 16.2. The summed E-state index contributed by atoms with van der Waals surface area (Å²) in [6.07, 6.45) is 5.94. The third kappa shape index (κ3) is 3.93. The fraction of sp³-hybridized carbons (Fsp3) is 0.318. The van der Waals surface area contributed by atoms with Gasteiger partial charge in [-0.25, -0.2) is 9.97 Å². The van der Waals surface area contributed by atoms with E-state index in [9.17, 15) is 4.79 Å². The SMILES string of the molecule is O=C(Cc1nc(-c2cnc(NC3Cc4ccccc4C3)nc2)no1)N1CCc2n[nH]nc2C1. The first kappa shape index (κ1) is 19.5. The standard InChI is InChI=1S/C22H21N9O2/c32-20(31-6-5-17-18(12-31)28-30-27-17)9-19-26-21(29-33-19)15-10-23-22(24-11-15)25-16-7-13-3-1-2-4-14(13)8-16/h1-4,10-11,16H,5-9,12H2,(H,23,24,25)(H,27,28,30). The van der Waals surface area contributed by atoms with E-state index in [4.69, 9.17) is 4.52 Å². The van der Waals surface area contributed by atoms with Crippen molar-refractivity contribution in [1.29, 1.82) is 0 Å². The summed E-state index contributed by atoms with van der Waals surface area (Å²) in [6.45, 7) is 1.02. The molecule has 166 valence electrons. The predicted octanol–water partition coefficient (Wildman–Crippen LogP) is 1.35. The molecule has 0 saturated heterocycles. The van der Waals surface area contributed by atoms with E-state index in [0.717, 1.165) is 24.2 Å². The number of hydrogen-bond acceptors (Lipinski definition) is 9. The molecule has 0 atom stereocenters. The van der Waals surface area contributed by atoms with Crippen LogP contribution in [0.25, 0.3) is 11.4 Å². The molecule has 0 radical (unpaired) electrons. The average molecular weight is 443 g/mol. The normalized spacial score (nSPS) is 15.3. The Balaban J connectivity index is 1.07. The summed E-state index contributed by atoms with van der Waals surface area (Å²) in [5, 5.41) is 18.2. The van der Waals surface area contributed by atoms with E-state index in [1.165, 1.54) is 11.1 Å². The molecule has 0 spiro atoms. The Hall–Kier alpha value is -4.15. The molecule has 0 saturated carbocycles. The summed E-state index contributed by atoms with van der Waals surface area (Å²) in [5.74, 6) is 1.09. The molecule has 0 bridgehead atoms. The summed E-state index contributed by atoms with van der Waals surface area (Å²) >= 11 is 0. The molecule has 1 aliphatic carbocycles. The average Bonchev–Trinajstić information content (AvgIpc) is 3.58. The van der Waals surface area contributed by atoms with E-state index in [1.807, 2.05) is 0 Å². The van der Waals surface area contributed by atoms with Gasteiger partial charge in [-0.3, -0.25) is 4.79 Å². The van der Waals surface area contributed by atoms with Crippen LogP contribution in [0.3, 0.4) is 0 Å². The number of fused-ring (bicyclic) bond motifs is 2. The molecule has 4 aromatic rings. The van der Waals surface area contributed by atoms with E-state index < -0.39 is 0 Å². The molecule has 2 aliphatic rings. The third-order valence-corrected chi connectivity index (χ3v) is 6.08. The molecule has 11 heteroatoms. The highest BCUT2D eigenvalue weighted by molar-refractivity contribution is 5.78. The van der Waals surface area contributed by atoms with E-state index >= 15 is 0 Å². The number of amides is 1. The van der Waals surface area contributed by atoms with Crippen LogP contribution in [0.5, 0.6) is 0 Å². The van der Waals surface area contributed by atoms with Crippen LogP contribution in [0.2, 0.25) is 0 Å². The smallest absolute Gasteiger partial charge is 0.236 e. The van der Waals surface area contributed by atoms with Crippen LogP contribution in [0.1, 0.15) is 28.4 Å². The van der Waals surface area contributed by atoms with E-state index in [1.54, 1.807) is 17.3 Å². The summed E-state index contributed by atoms with van der Waals surface area (Å²) in [7, 11) is 0. The van der Waals surface area contributed by atoms with Gasteiger partial charge in [0.1, 0.15) is 12.1 Å². The van der Waals surface area contributed by atoms with Crippen LogP contribution in [0, 0.1) is 0 Å². The van der Waals surface area contributed by atoms with E-state index in [2.05, 4.69) is 65.1 Å². The number of aromatic amines is 1. The van der Waals surface area contributed by atoms with E-state index in [-0.39, 0.29) is 24.3 Å². The number of carbonyl (C=O) groups is 1. The van der Waals surface area contributed by atoms with Crippen LogP contribution >= 0.6 is 0 Å². The molecular weight excluding hydrogens is 422 g/mol. The number of H-pyrrole nitrogens is 1. The molecule has 11 nitrogen and oxygen atoms in total. The maximum atomic E-state index is 12.6. The molecule has 1 aliphatic heterocycles. The molecule has 0 unspecified atom stereocenters. The number of nitrogens with one attached hydrogen (secondary N) is 2. The lowest BCUT2D eigenvalue weighted by Crippen LogP contribution is -2.37. The van der Waals surface area contributed by atoms with Crippen molar-refractivity contribution in [3.05, 3.63) is 65.1 Å². The van der Waals surface area contributed by atoms with E-state index in [0.29, 0.717) is 36.8 Å². The molecule has 0 fully saturated rings. The number of rotatable bonds is 5. The van der Waals surface area contributed by atoms with Crippen LogP contribution in [-0.2, 0) is 37.0 Å². The quantitative estimate of drug-likeness (QED) is 0.468. The molecule has 1 amide bonds. The van der Waals surface area contributed by atoms with Gasteiger partial charge < -0.3 is 14.7 Å². The van der Waals surface area contributed by atoms with Gasteiger partial charge in [-0.1, -0.05) is 29.4 Å². The van der Waals surface area contributed by atoms with Crippen molar-refractivity contribution >= 4 is 11.9 Å². The lowest BCUT2D eigenvalue weighted by molar-refractivity contribution is -0.131. The number of anilines is 1. The van der Waals surface area contributed by atoms with Crippen molar-refractivity contribution in [1.82, 2.24) is 40.4 Å². The van der Waals surface area contributed by atoms with Gasteiger partial charge in [-0.2, -0.15) is 20.4 Å². The molecular formula is C22H21N9O2. The number of nitrogens with zero attached hydrogens (tertiary/aromatic N) is 7. The number of carbonyl (C=O) groups excluding carboxylic acids is 1. The minimum Gasteiger partial charge on any atom is -0.351 e. The van der Waals surface area contributed by atoms with Crippen LogP contribution in [-0.4, -0.2) is 58.9 Å². The van der Waals surface area contributed by atoms with Crippen LogP contribution < -0.4 is 5.32 Å². The maximum absolute atomic E-state index is 12.6. The van der Waals surface area contributed by atoms with Crippen molar-refractivity contribution in [2.45, 2.75) is 38.3 Å². The Morgan fingerprint density at radius 2 is 1.88 bits per heavy atom. The lowest BCUT2D eigenvalue weighted by Gasteiger charge is -2.24. The second-order valence-corrected chi connectivity index (χ2v) is 8.28. The molecule has 2 N–H and O–H groups in total. The fourth-order valence-corrected chi connectivity index (χ4v) is 4.36. The van der Waals surface area contributed by atoms with Crippen molar-refractivity contribution in [3.8, 4) is 11.4 Å². The molecule has 6 rings (SSSR count). The maximum Gasteiger partial charge on any atom is 0.236 e. The third-order valence-electron chi connectivity index (χ3n) is 6.08. The van der Waals surface area contributed by atoms with Crippen molar-refractivity contribution in [2.24, 2.45) is 0 Å². The first-order valence-electron chi connectivity index (χ1n) is 10.9. The molecule has 33 heavy (non-hydrogen) atoms. The molecule has 4 heterocycles. The second-order valence-electron chi connectivity index (χ2n) is 8.28. The minimum atomic E-state index is -0.0905. The monoisotopic (exact) mass is 443 g/mol. The zero-order valence-corrected chi connectivity index (χ0v) is 17.7. The van der Waals surface area contributed by atoms with Gasteiger partial charge >= 0.3 is 0 Å². The van der Waals surface area contributed by atoms with Gasteiger partial charge in [-0.05, 0) is 24.0 Å². The van der Waals surface area contributed by atoms with Crippen molar-refractivity contribution in [2.75, 3.05) is 11.9 Å². The van der Waals surface area contributed by atoms with Crippen LogP contribution in [0.4, 0.5) is 5.95 Å². The van der Waals surface area contributed by atoms with Gasteiger partial charge in [0.2, 0.25) is 23.6 Å². The highest BCUT2D eigenvalue weighted by Crippen LogP contribution is 2.24. The highest BCUT2D eigenvalue weighted by Gasteiger charge is 2.25. The van der Waals surface area contributed by atoms with Crippen molar-refractivity contribution < 1.29 is 9.32 Å². The van der Waals surface area contributed by atoms with Gasteiger partial charge in [0.05, 0.1) is 17.8 Å². The molecule has 3 aromatic heterocycles. The Kier molecular flexibility index (Phi) is 4.78. The summed E-state index contributed by atoms with van der Waals surface area (Å²) in [4.78, 5) is 27.5. The molecule has 1 aromatic carbocycles. The summed E-state index contributed by atoms with van der Waals surface area (Å²) in [6, 6.07) is 8.74. The van der Waals surface area contributed by atoms with Gasteiger partial charge in [0.15, 0.2) is 0 Å². The fourth-order valence-electron chi connectivity index (χ4n) is 4.36. The van der Waals surface area contributed by atoms with Gasteiger partial charge in [0.25, 0.3) is 0 Å². The Labute approximate surface area is 188 Å². The zero-order chi connectivity index (χ0) is 22.2. The van der Waals surface area contributed by atoms with Crippen LogP contribution in [0.15, 0.2) is 41.2 Å². The number of benzene rings is 1. The number of hydrogen-bond donors (Lipinski definition) is 2. The van der Waals surface area contributed by atoms with Crippen molar-refractivity contribution in [3.63, 3.8) is 0 Å². The minimum absolute atomic E-state index is 0.0307. The van der Waals surface area contributed by atoms with Gasteiger partial charge in [0, 0.05) is 31.4 Å². The Bertz CT molecular complexity index is 1270.